The molecule has 5 heteroatoms. The minimum atomic E-state index is -1.26. The molecule has 0 fully saturated rings. The van der Waals surface area contributed by atoms with E-state index >= 15 is 0 Å². The summed E-state index contributed by atoms with van der Waals surface area (Å²) in [4.78, 5) is 11.0. The number of benzene rings is 2. The highest BCUT2D eigenvalue weighted by molar-refractivity contribution is 9.10. The van der Waals surface area contributed by atoms with E-state index in [2.05, 4.69) is 15.9 Å². The van der Waals surface area contributed by atoms with Crippen LogP contribution in [0.2, 0.25) is 0 Å². The van der Waals surface area contributed by atoms with Gasteiger partial charge in [0.2, 0.25) is 0 Å². The molecule has 0 saturated carbocycles. The fraction of sp³-hybridized carbons (Fsp3) is 0.0625. The first-order chi connectivity index (χ1) is 10.1. The Labute approximate surface area is 128 Å². The molecule has 21 heavy (non-hydrogen) atoms. The summed E-state index contributed by atoms with van der Waals surface area (Å²) in [5.41, 5.74) is 1.47. The first kappa shape index (κ1) is 13.8. The Morgan fingerprint density at radius 1 is 1.24 bits per heavy atom. The molecule has 0 radical (unpaired) electrons. The van der Waals surface area contributed by atoms with Crippen LogP contribution in [0.3, 0.4) is 0 Å². The smallest absolute Gasteiger partial charge is 0.338 e. The molecule has 3 aromatic rings. The Morgan fingerprint density at radius 3 is 2.76 bits per heavy atom. The number of nitrogens with zero attached hydrogens (tertiary/aromatic N) is 1. The lowest BCUT2D eigenvalue weighted by Crippen LogP contribution is -2.04. The fourth-order valence-corrected chi connectivity index (χ4v) is 2.95. The average Bonchev–Trinajstić information content (AvgIpc) is 2.78. The number of halogens is 2. The molecular formula is C16H11BrFNO2. The van der Waals surface area contributed by atoms with Gasteiger partial charge in [-0.15, -0.1) is 0 Å². The Balaban J connectivity index is 2.03. The molecule has 1 heterocycles. The third-order valence-electron chi connectivity index (χ3n) is 3.35. The normalized spacial score (nSPS) is 11.0. The number of carbonyl (C=O) groups is 1. The van der Waals surface area contributed by atoms with E-state index in [-0.39, 0.29) is 5.56 Å². The predicted molar refractivity (Wildman–Crippen MR) is 82.1 cm³/mol. The van der Waals surface area contributed by atoms with Crippen LogP contribution in [0.25, 0.3) is 10.9 Å². The molecule has 0 unspecified atom stereocenters. The summed E-state index contributed by atoms with van der Waals surface area (Å²) in [5, 5.41) is 10.1. The van der Waals surface area contributed by atoms with Crippen LogP contribution in [-0.4, -0.2) is 15.6 Å². The number of fused-ring (bicyclic) bond motifs is 1. The molecule has 0 aliphatic rings. The SMILES string of the molecule is O=C(O)c1cc(Cn2cc(Br)c3ccccc32)ccc1F. The molecule has 3 nitrogen and oxygen atoms in total. The number of hydrogen-bond acceptors (Lipinski definition) is 1. The van der Waals surface area contributed by atoms with E-state index in [1.54, 1.807) is 6.07 Å². The zero-order valence-corrected chi connectivity index (χ0v) is 12.5. The van der Waals surface area contributed by atoms with E-state index in [0.29, 0.717) is 6.54 Å². The molecule has 0 aliphatic carbocycles. The molecule has 0 bridgehead atoms. The van der Waals surface area contributed by atoms with E-state index in [1.807, 2.05) is 35.0 Å². The highest BCUT2D eigenvalue weighted by Gasteiger charge is 2.12. The van der Waals surface area contributed by atoms with Crippen molar-refractivity contribution in [3.8, 4) is 0 Å². The zero-order chi connectivity index (χ0) is 15.0. The van der Waals surface area contributed by atoms with Crippen LogP contribution >= 0.6 is 15.9 Å². The van der Waals surface area contributed by atoms with Gasteiger partial charge in [0.1, 0.15) is 5.82 Å². The van der Waals surface area contributed by atoms with Crippen LogP contribution in [0.5, 0.6) is 0 Å². The van der Waals surface area contributed by atoms with Gasteiger partial charge in [-0.25, -0.2) is 9.18 Å². The van der Waals surface area contributed by atoms with Crippen molar-refractivity contribution in [1.29, 1.82) is 0 Å². The van der Waals surface area contributed by atoms with Crippen LogP contribution in [0.15, 0.2) is 53.1 Å². The zero-order valence-electron chi connectivity index (χ0n) is 10.9. The lowest BCUT2D eigenvalue weighted by Gasteiger charge is -2.07. The molecule has 0 amide bonds. The maximum absolute atomic E-state index is 13.4. The minimum Gasteiger partial charge on any atom is -0.478 e. The number of carboxylic acids is 1. The van der Waals surface area contributed by atoms with Crippen molar-refractivity contribution >= 4 is 32.8 Å². The topological polar surface area (TPSA) is 42.2 Å². The van der Waals surface area contributed by atoms with E-state index in [1.165, 1.54) is 12.1 Å². The third kappa shape index (κ3) is 2.56. The summed E-state index contributed by atoms with van der Waals surface area (Å²) < 4.78 is 16.4. The first-order valence-corrected chi connectivity index (χ1v) is 7.10. The van der Waals surface area contributed by atoms with Crippen molar-refractivity contribution in [2.45, 2.75) is 6.54 Å². The number of aromatic carboxylic acids is 1. The molecule has 0 spiro atoms. The molecule has 0 saturated heterocycles. The number of aromatic nitrogens is 1. The molecule has 106 valence electrons. The standard InChI is InChI=1S/C16H11BrFNO2/c17-13-9-19(15-4-2-1-3-11(13)15)8-10-5-6-14(18)12(7-10)16(20)21/h1-7,9H,8H2,(H,20,21). The van der Waals surface area contributed by atoms with Gasteiger partial charge in [0.05, 0.1) is 5.56 Å². The number of rotatable bonds is 3. The average molecular weight is 348 g/mol. The summed E-state index contributed by atoms with van der Waals surface area (Å²) in [6, 6.07) is 12.1. The van der Waals surface area contributed by atoms with Gasteiger partial charge in [0, 0.05) is 28.1 Å². The third-order valence-corrected chi connectivity index (χ3v) is 3.99. The van der Waals surface area contributed by atoms with Gasteiger partial charge in [-0.3, -0.25) is 0 Å². The molecule has 0 atom stereocenters. The first-order valence-electron chi connectivity index (χ1n) is 6.31. The fourth-order valence-electron chi connectivity index (χ4n) is 2.36. The largest absolute Gasteiger partial charge is 0.478 e. The van der Waals surface area contributed by atoms with Gasteiger partial charge in [0.25, 0.3) is 0 Å². The predicted octanol–water partition coefficient (Wildman–Crippen LogP) is 4.29. The Morgan fingerprint density at radius 2 is 2.00 bits per heavy atom. The Kier molecular flexibility index (Phi) is 3.51. The van der Waals surface area contributed by atoms with Crippen molar-refractivity contribution in [2.24, 2.45) is 0 Å². The van der Waals surface area contributed by atoms with Crippen molar-refractivity contribution in [2.75, 3.05) is 0 Å². The van der Waals surface area contributed by atoms with Crippen LogP contribution in [0.4, 0.5) is 4.39 Å². The number of carboxylic acid groups (broad SMARTS) is 1. The molecule has 2 aromatic carbocycles. The Bertz CT molecular complexity index is 841. The maximum Gasteiger partial charge on any atom is 0.338 e. The van der Waals surface area contributed by atoms with E-state index < -0.39 is 11.8 Å². The van der Waals surface area contributed by atoms with E-state index in [4.69, 9.17) is 5.11 Å². The molecule has 3 rings (SSSR count). The molecule has 1 N–H and O–H groups in total. The summed E-state index contributed by atoms with van der Waals surface area (Å²) in [5.74, 6) is -1.97. The summed E-state index contributed by atoms with van der Waals surface area (Å²) in [7, 11) is 0. The van der Waals surface area contributed by atoms with Gasteiger partial charge in [0.15, 0.2) is 0 Å². The summed E-state index contributed by atoms with van der Waals surface area (Å²) >= 11 is 3.51. The molecule has 0 aliphatic heterocycles. The second-order valence-electron chi connectivity index (χ2n) is 4.74. The quantitative estimate of drug-likeness (QED) is 0.767. The maximum atomic E-state index is 13.4. The summed E-state index contributed by atoms with van der Waals surface area (Å²) in [6.45, 7) is 0.479. The van der Waals surface area contributed by atoms with Gasteiger partial charge in [-0.1, -0.05) is 24.3 Å². The van der Waals surface area contributed by atoms with Crippen LogP contribution in [0.1, 0.15) is 15.9 Å². The van der Waals surface area contributed by atoms with E-state index in [0.717, 1.165) is 20.9 Å². The molecule has 1 aromatic heterocycles. The van der Waals surface area contributed by atoms with Gasteiger partial charge < -0.3 is 9.67 Å². The van der Waals surface area contributed by atoms with Crippen molar-refractivity contribution in [3.63, 3.8) is 0 Å². The van der Waals surface area contributed by atoms with Gasteiger partial charge >= 0.3 is 5.97 Å². The minimum absolute atomic E-state index is 0.303. The lowest BCUT2D eigenvalue weighted by molar-refractivity contribution is 0.0691. The number of hydrogen-bond donors (Lipinski definition) is 1. The van der Waals surface area contributed by atoms with Gasteiger partial charge in [-0.2, -0.15) is 0 Å². The molecular weight excluding hydrogens is 337 g/mol. The monoisotopic (exact) mass is 347 g/mol. The van der Waals surface area contributed by atoms with E-state index in [9.17, 15) is 9.18 Å². The van der Waals surface area contributed by atoms with Gasteiger partial charge in [-0.05, 0) is 39.7 Å². The lowest BCUT2D eigenvalue weighted by atomic mass is 10.1. The van der Waals surface area contributed by atoms with Crippen LogP contribution in [-0.2, 0) is 6.54 Å². The second-order valence-corrected chi connectivity index (χ2v) is 5.60. The Hall–Kier alpha value is -2.14. The number of para-hydroxylation sites is 1. The van der Waals surface area contributed by atoms with Crippen molar-refractivity contribution in [1.82, 2.24) is 4.57 Å². The summed E-state index contributed by atoms with van der Waals surface area (Å²) in [6.07, 6.45) is 1.94. The highest BCUT2D eigenvalue weighted by Crippen LogP contribution is 2.26. The van der Waals surface area contributed by atoms with Crippen LogP contribution in [0, 0.1) is 5.82 Å². The highest BCUT2D eigenvalue weighted by atomic mass is 79.9. The van der Waals surface area contributed by atoms with Crippen molar-refractivity contribution < 1.29 is 14.3 Å². The van der Waals surface area contributed by atoms with Crippen molar-refractivity contribution in [3.05, 3.63) is 70.1 Å². The second kappa shape index (κ2) is 5.33. The van der Waals surface area contributed by atoms with Crippen LogP contribution < -0.4 is 0 Å².